The van der Waals surface area contributed by atoms with Gasteiger partial charge in [0, 0.05) is 12.1 Å². The summed E-state index contributed by atoms with van der Waals surface area (Å²) in [6, 6.07) is 0. The number of hydrogen-bond acceptors (Lipinski definition) is 3. The molecule has 0 aliphatic rings. The van der Waals surface area contributed by atoms with Gasteiger partial charge in [-0.05, 0) is 19.3 Å². The largest absolute Gasteiger partial charge is 0.324 e. The van der Waals surface area contributed by atoms with Crippen LogP contribution in [-0.2, 0) is 10.0 Å². The van der Waals surface area contributed by atoms with Crippen LogP contribution in [0.25, 0.3) is 0 Å². The monoisotopic (exact) mass is 272 g/mol. The van der Waals surface area contributed by atoms with Crippen LogP contribution in [0.5, 0.6) is 0 Å². The van der Waals surface area contributed by atoms with Crippen LogP contribution in [0.2, 0.25) is 0 Å². The highest BCUT2D eigenvalue weighted by Gasteiger charge is 2.22. The quantitative estimate of drug-likeness (QED) is 0.706. The van der Waals surface area contributed by atoms with Gasteiger partial charge in [0.15, 0.2) is 0 Å². The van der Waals surface area contributed by atoms with E-state index in [1.54, 1.807) is 0 Å². The van der Waals surface area contributed by atoms with Crippen LogP contribution >= 0.6 is 12.4 Å². The predicted octanol–water partition coefficient (Wildman–Crippen LogP) is 1.65. The first-order chi connectivity index (χ1) is 6.89. The van der Waals surface area contributed by atoms with Gasteiger partial charge in [0.1, 0.15) is 0 Å². The normalized spacial score (nSPS) is 12.2. The van der Waals surface area contributed by atoms with E-state index >= 15 is 0 Å². The summed E-state index contributed by atoms with van der Waals surface area (Å²) in [5.41, 5.74) is 5.60. The molecular weight excluding hydrogens is 248 g/mol. The molecule has 0 aromatic heterocycles. The van der Waals surface area contributed by atoms with Crippen LogP contribution in [0.15, 0.2) is 0 Å². The lowest BCUT2D eigenvalue weighted by Gasteiger charge is -2.26. The molecule has 0 spiro atoms. The third kappa shape index (κ3) is 7.44. The minimum atomic E-state index is -3.13. The van der Waals surface area contributed by atoms with Crippen molar-refractivity contribution < 1.29 is 8.42 Å². The third-order valence-corrected chi connectivity index (χ3v) is 4.23. The highest BCUT2D eigenvalue weighted by Crippen LogP contribution is 2.10. The topological polar surface area (TPSA) is 72.2 Å². The fourth-order valence-corrected chi connectivity index (χ4v) is 2.48. The molecule has 0 aromatic carbocycles. The number of nitrogens with two attached hydrogens (primary N) is 1. The molecule has 0 aliphatic carbocycles. The van der Waals surface area contributed by atoms with Crippen LogP contribution in [0.1, 0.15) is 46.5 Å². The Labute approximate surface area is 106 Å². The van der Waals surface area contributed by atoms with Gasteiger partial charge >= 0.3 is 0 Å². The molecule has 0 saturated heterocycles. The number of hydrogen-bond donors (Lipinski definition) is 2. The lowest BCUT2D eigenvalue weighted by molar-refractivity contribution is 0.391. The van der Waals surface area contributed by atoms with E-state index in [1.165, 1.54) is 0 Å². The van der Waals surface area contributed by atoms with Gasteiger partial charge in [-0.3, -0.25) is 0 Å². The molecule has 6 heteroatoms. The fraction of sp³-hybridized carbons (Fsp3) is 1.00. The molecule has 0 atom stereocenters. The van der Waals surface area contributed by atoms with Crippen LogP contribution in [0, 0.1) is 0 Å². The smallest absolute Gasteiger partial charge is 0.211 e. The second-order valence-electron chi connectivity index (χ2n) is 4.06. The summed E-state index contributed by atoms with van der Waals surface area (Å²) in [7, 11) is -3.13. The van der Waals surface area contributed by atoms with Crippen molar-refractivity contribution in [2.24, 2.45) is 5.73 Å². The van der Waals surface area contributed by atoms with E-state index in [9.17, 15) is 8.42 Å². The average Bonchev–Trinajstić information content (AvgIpc) is 2.23. The van der Waals surface area contributed by atoms with Gasteiger partial charge in [-0.2, -0.15) is 0 Å². The number of halogens is 1. The first kappa shape index (κ1) is 18.5. The molecule has 100 valence electrons. The summed E-state index contributed by atoms with van der Waals surface area (Å²) in [6.45, 7) is 6.26. The van der Waals surface area contributed by atoms with E-state index in [1.807, 2.05) is 20.8 Å². The Kier molecular flexibility index (Phi) is 9.59. The van der Waals surface area contributed by atoms with E-state index in [-0.39, 0.29) is 18.2 Å². The molecule has 0 bridgehead atoms. The van der Waals surface area contributed by atoms with Crippen molar-refractivity contribution in [3.05, 3.63) is 0 Å². The summed E-state index contributed by atoms with van der Waals surface area (Å²) in [6.07, 6.45) is 3.14. The van der Waals surface area contributed by atoms with Gasteiger partial charge in [0.05, 0.1) is 5.75 Å². The molecule has 3 N–H and O–H groups in total. The summed E-state index contributed by atoms with van der Waals surface area (Å²) in [4.78, 5) is 0. The highest BCUT2D eigenvalue weighted by atomic mass is 35.5. The Bertz CT molecular complexity index is 264. The molecule has 0 rings (SSSR count). The zero-order chi connectivity index (χ0) is 11.9. The van der Waals surface area contributed by atoms with Gasteiger partial charge < -0.3 is 5.73 Å². The Hall–Kier alpha value is 0.160. The second-order valence-corrected chi connectivity index (χ2v) is 5.99. The Balaban J connectivity index is 0. The van der Waals surface area contributed by atoms with Crippen molar-refractivity contribution in [1.29, 1.82) is 0 Å². The number of rotatable bonds is 8. The lowest BCUT2D eigenvalue weighted by atomic mass is 9.95. The maximum Gasteiger partial charge on any atom is 0.211 e. The van der Waals surface area contributed by atoms with Crippen molar-refractivity contribution in [3.63, 3.8) is 0 Å². The van der Waals surface area contributed by atoms with Crippen molar-refractivity contribution in [2.75, 3.05) is 12.3 Å². The van der Waals surface area contributed by atoms with E-state index in [0.717, 1.165) is 19.3 Å². The number of unbranched alkanes of at least 4 members (excludes halogenated alkanes) is 1. The Morgan fingerprint density at radius 2 is 1.69 bits per heavy atom. The summed E-state index contributed by atoms with van der Waals surface area (Å²) in [5, 5.41) is 0. The molecule has 0 unspecified atom stereocenters. The summed E-state index contributed by atoms with van der Waals surface area (Å²) >= 11 is 0. The van der Waals surface area contributed by atoms with Gasteiger partial charge in [0.25, 0.3) is 0 Å². The molecule has 0 aliphatic heterocycles. The van der Waals surface area contributed by atoms with E-state index < -0.39 is 15.6 Å². The molecule has 0 radical (unpaired) electrons. The lowest BCUT2D eigenvalue weighted by Crippen LogP contribution is -2.49. The van der Waals surface area contributed by atoms with Crippen LogP contribution in [0.4, 0.5) is 0 Å². The zero-order valence-electron chi connectivity index (χ0n) is 10.5. The van der Waals surface area contributed by atoms with Crippen molar-refractivity contribution in [1.82, 2.24) is 4.72 Å². The van der Waals surface area contributed by atoms with E-state index in [0.29, 0.717) is 13.0 Å². The molecule has 0 heterocycles. The van der Waals surface area contributed by atoms with Crippen molar-refractivity contribution in [2.45, 2.75) is 52.0 Å². The maximum absolute atomic E-state index is 11.5. The second kappa shape index (κ2) is 8.28. The third-order valence-electron chi connectivity index (χ3n) is 2.82. The van der Waals surface area contributed by atoms with Crippen LogP contribution < -0.4 is 10.5 Å². The molecule has 0 amide bonds. The predicted molar refractivity (Wildman–Crippen MR) is 71.4 cm³/mol. The van der Waals surface area contributed by atoms with Gasteiger partial charge in [0.2, 0.25) is 10.0 Å². The Morgan fingerprint density at radius 3 is 2.06 bits per heavy atom. The molecular formula is C10H25ClN2O2S. The van der Waals surface area contributed by atoms with Gasteiger partial charge in [-0.25, -0.2) is 13.1 Å². The minimum Gasteiger partial charge on any atom is -0.324 e. The standard InChI is InChI=1S/C10H24N2O2S.ClH/c1-4-7-8-15(13,14)12-9-10(11,5-2)6-3;/h12H,4-9,11H2,1-3H3;1H. The Morgan fingerprint density at radius 1 is 1.19 bits per heavy atom. The van der Waals surface area contributed by atoms with Crippen molar-refractivity contribution in [3.8, 4) is 0 Å². The number of sulfonamides is 1. The summed E-state index contributed by atoms with van der Waals surface area (Å²) < 4.78 is 25.6. The highest BCUT2D eigenvalue weighted by molar-refractivity contribution is 7.89. The number of nitrogens with one attached hydrogen (secondary N) is 1. The summed E-state index contributed by atoms with van der Waals surface area (Å²) in [5.74, 6) is 0.201. The average molecular weight is 273 g/mol. The van der Waals surface area contributed by atoms with Gasteiger partial charge in [-0.1, -0.05) is 27.2 Å². The maximum atomic E-state index is 11.5. The molecule has 16 heavy (non-hydrogen) atoms. The van der Waals surface area contributed by atoms with E-state index in [2.05, 4.69) is 4.72 Å². The fourth-order valence-electron chi connectivity index (χ4n) is 1.16. The van der Waals surface area contributed by atoms with Crippen LogP contribution in [0.3, 0.4) is 0 Å². The zero-order valence-corrected chi connectivity index (χ0v) is 12.1. The first-order valence-electron chi connectivity index (χ1n) is 5.65. The molecule has 4 nitrogen and oxygen atoms in total. The van der Waals surface area contributed by atoms with Gasteiger partial charge in [-0.15, -0.1) is 12.4 Å². The first-order valence-corrected chi connectivity index (χ1v) is 7.30. The van der Waals surface area contributed by atoms with Crippen LogP contribution in [-0.4, -0.2) is 26.3 Å². The SMILES string of the molecule is CCCCS(=O)(=O)NCC(N)(CC)CC.Cl. The van der Waals surface area contributed by atoms with E-state index in [4.69, 9.17) is 5.73 Å². The molecule has 0 saturated carbocycles. The van der Waals surface area contributed by atoms with Crippen molar-refractivity contribution >= 4 is 22.4 Å². The minimum absolute atomic E-state index is 0. The molecule has 0 fully saturated rings. The molecule has 0 aromatic rings.